The van der Waals surface area contributed by atoms with Crippen LogP contribution in [0.4, 0.5) is 5.69 Å². The highest BCUT2D eigenvalue weighted by Gasteiger charge is 2.22. The Bertz CT molecular complexity index is 504. The molecule has 1 aliphatic rings. The molecule has 0 spiro atoms. The Hall–Kier alpha value is -1.46. The Morgan fingerprint density at radius 2 is 2.35 bits per heavy atom. The molecule has 1 atom stereocenters. The summed E-state index contributed by atoms with van der Waals surface area (Å²) in [5.41, 5.74) is 7.10. The summed E-state index contributed by atoms with van der Waals surface area (Å²) >= 11 is 4.93. The molecule has 1 fully saturated rings. The van der Waals surface area contributed by atoms with E-state index in [1.54, 1.807) is 6.07 Å². The molecular weight excluding hydrogens is 270 g/mol. The molecule has 0 radical (unpaired) electrons. The number of thiocarbonyl (C=S) groups is 1. The number of likely N-dealkylation sites (tertiary alicyclic amines) is 1. The Balaban J connectivity index is 1.88. The topological polar surface area (TPSA) is 58.4 Å². The normalized spacial score (nSPS) is 18.9. The molecule has 4 nitrogen and oxygen atoms in total. The molecule has 0 aliphatic carbocycles. The number of hydrogen-bond donors (Lipinski definition) is 2. The van der Waals surface area contributed by atoms with Gasteiger partial charge in [-0.05, 0) is 31.0 Å². The van der Waals surface area contributed by atoms with Crippen molar-refractivity contribution in [3.05, 3.63) is 29.8 Å². The van der Waals surface area contributed by atoms with Gasteiger partial charge in [0.25, 0.3) is 0 Å². The predicted molar refractivity (Wildman–Crippen MR) is 85.8 cm³/mol. The van der Waals surface area contributed by atoms with Crippen LogP contribution in [0.25, 0.3) is 0 Å². The number of nitrogens with one attached hydrogen (secondary N) is 1. The van der Waals surface area contributed by atoms with Crippen LogP contribution in [-0.4, -0.2) is 35.4 Å². The summed E-state index contributed by atoms with van der Waals surface area (Å²) in [7, 11) is 0. The first-order chi connectivity index (χ1) is 9.58. The highest BCUT2D eigenvalue weighted by Crippen LogP contribution is 2.18. The molecule has 108 valence electrons. The van der Waals surface area contributed by atoms with Crippen molar-refractivity contribution in [3.8, 4) is 0 Å². The van der Waals surface area contributed by atoms with Gasteiger partial charge in [-0.2, -0.15) is 0 Å². The lowest BCUT2D eigenvalue weighted by Gasteiger charge is -2.15. The van der Waals surface area contributed by atoms with E-state index in [1.165, 1.54) is 12.8 Å². The van der Waals surface area contributed by atoms with Gasteiger partial charge in [-0.25, -0.2) is 0 Å². The largest absolute Gasteiger partial charge is 0.389 e. The van der Waals surface area contributed by atoms with Crippen LogP contribution in [-0.2, 0) is 4.79 Å². The van der Waals surface area contributed by atoms with Gasteiger partial charge in [0.2, 0.25) is 5.91 Å². The van der Waals surface area contributed by atoms with Crippen molar-refractivity contribution in [1.82, 2.24) is 4.90 Å². The second kappa shape index (κ2) is 6.81. The summed E-state index contributed by atoms with van der Waals surface area (Å²) in [6.07, 6.45) is 2.38. The molecule has 1 saturated heterocycles. The maximum atomic E-state index is 12.0. The summed E-state index contributed by atoms with van der Waals surface area (Å²) in [6.45, 7) is 4.69. The molecule has 0 saturated carbocycles. The van der Waals surface area contributed by atoms with Gasteiger partial charge in [0.1, 0.15) is 4.99 Å². The fourth-order valence-corrected chi connectivity index (χ4v) is 2.67. The summed E-state index contributed by atoms with van der Waals surface area (Å²) in [5.74, 6) is 0.752. The zero-order valence-corrected chi connectivity index (χ0v) is 12.6. The molecule has 1 aromatic rings. The maximum Gasteiger partial charge on any atom is 0.238 e. The summed E-state index contributed by atoms with van der Waals surface area (Å²) in [5, 5.41) is 2.90. The minimum atomic E-state index is 0.0156. The van der Waals surface area contributed by atoms with E-state index in [-0.39, 0.29) is 5.91 Å². The molecule has 2 rings (SSSR count). The van der Waals surface area contributed by atoms with E-state index in [4.69, 9.17) is 18.0 Å². The van der Waals surface area contributed by atoms with Crippen LogP contribution < -0.4 is 11.1 Å². The molecular formula is C15H21N3OS. The van der Waals surface area contributed by atoms with Gasteiger partial charge in [-0.1, -0.05) is 37.7 Å². The minimum Gasteiger partial charge on any atom is -0.389 e. The van der Waals surface area contributed by atoms with Gasteiger partial charge in [-0.15, -0.1) is 0 Å². The maximum absolute atomic E-state index is 12.0. The molecule has 1 unspecified atom stereocenters. The first kappa shape index (κ1) is 14.9. The fourth-order valence-electron chi connectivity index (χ4n) is 2.54. The van der Waals surface area contributed by atoms with E-state index in [9.17, 15) is 4.79 Å². The minimum absolute atomic E-state index is 0.0156. The second-order valence-electron chi connectivity index (χ2n) is 5.29. The first-order valence-corrected chi connectivity index (χ1v) is 7.41. The molecule has 1 aliphatic heterocycles. The van der Waals surface area contributed by atoms with Crippen molar-refractivity contribution in [2.24, 2.45) is 11.7 Å². The van der Waals surface area contributed by atoms with Gasteiger partial charge in [0.15, 0.2) is 0 Å². The highest BCUT2D eigenvalue weighted by atomic mass is 32.1. The number of carbonyl (C=O) groups is 1. The standard InChI is InChI=1S/C15H21N3OS/c1-2-11-6-7-18(9-11)10-14(19)17-13-5-3-4-12(8-13)15(16)20/h3-5,8,11H,2,6-7,9-10H2,1H3,(H2,16,20)(H,17,19). The van der Waals surface area contributed by atoms with Crippen molar-refractivity contribution >= 4 is 28.8 Å². The molecule has 5 heteroatoms. The smallest absolute Gasteiger partial charge is 0.238 e. The molecule has 1 aromatic carbocycles. The average Bonchev–Trinajstić information content (AvgIpc) is 2.86. The van der Waals surface area contributed by atoms with E-state index in [1.807, 2.05) is 18.2 Å². The number of anilines is 1. The van der Waals surface area contributed by atoms with E-state index >= 15 is 0 Å². The summed E-state index contributed by atoms with van der Waals surface area (Å²) in [4.78, 5) is 14.6. The Kier molecular flexibility index (Phi) is 5.09. The van der Waals surface area contributed by atoms with Crippen LogP contribution in [0.2, 0.25) is 0 Å². The molecule has 3 N–H and O–H groups in total. The lowest BCUT2D eigenvalue weighted by molar-refractivity contribution is -0.117. The van der Waals surface area contributed by atoms with Crippen LogP contribution in [0.3, 0.4) is 0 Å². The van der Waals surface area contributed by atoms with Crippen LogP contribution in [0, 0.1) is 5.92 Å². The third-order valence-corrected chi connectivity index (χ3v) is 3.98. The molecule has 1 amide bonds. The fraction of sp³-hybridized carbons (Fsp3) is 0.467. The summed E-state index contributed by atoms with van der Waals surface area (Å²) in [6, 6.07) is 7.33. The third kappa shape index (κ3) is 4.02. The first-order valence-electron chi connectivity index (χ1n) is 7.00. The Morgan fingerprint density at radius 3 is 3.00 bits per heavy atom. The van der Waals surface area contributed by atoms with Crippen molar-refractivity contribution in [2.75, 3.05) is 25.0 Å². The SMILES string of the molecule is CCC1CCN(CC(=O)Nc2cccc(C(N)=S)c2)C1. The van der Waals surface area contributed by atoms with Crippen molar-refractivity contribution in [2.45, 2.75) is 19.8 Å². The van der Waals surface area contributed by atoms with E-state index in [0.29, 0.717) is 11.5 Å². The number of amides is 1. The Labute approximate surface area is 125 Å². The molecule has 1 heterocycles. The zero-order valence-electron chi connectivity index (χ0n) is 11.8. The number of nitrogens with two attached hydrogens (primary N) is 1. The van der Waals surface area contributed by atoms with Crippen LogP contribution in [0.1, 0.15) is 25.3 Å². The van der Waals surface area contributed by atoms with Crippen LogP contribution >= 0.6 is 12.2 Å². The number of carbonyl (C=O) groups excluding carboxylic acids is 1. The second-order valence-corrected chi connectivity index (χ2v) is 5.73. The zero-order chi connectivity index (χ0) is 14.5. The number of benzene rings is 1. The third-order valence-electron chi connectivity index (χ3n) is 3.75. The Morgan fingerprint density at radius 1 is 1.55 bits per heavy atom. The van der Waals surface area contributed by atoms with Crippen LogP contribution in [0.5, 0.6) is 0 Å². The van der Waals surface area contributed by atoms with E-state index in [2.05, 4.69) is 17.1 Å². The van der Waals surface area contributed by atoms with Crippen LogP contribution in [0.15, 0.2) is 24.3 Å². The molecule has 20 heavy (non-hydrogen) atoms. The van der Waals surface area contributed by atoms with Crippen molar-refractivity contribution < 1.29 is 4.79 Å². The molecule has 0 aromatic heterocycles. The van der Waals surface area contributed by atoms with Gasteiger partial charge < -0.3 is 11.1 Å². The number of hydrogen-bond acceptors (Lipinski definition) is 3. The lowest BCUT2D eigenvalue weighted by atomic mass is 10.1. The van der Waals surface area contributed by atoms with Gasteiger partial charge in [0.05, 0.1) is 6.54 Å². The van der Waals surface area contributed by atoms with Crippen molar-refractivity contribution in [3.63, 3.8) is 0 Å². The number of rotatable bonds is 5. The van der Waals surface area contributed by atoms with Gasteiger partial charge in [-0.3, -0.25) is 9.69 Å². The van der Waals surface area contributed by atoms with E-state index < -0.39 is 0 Å². The number of nitrogens with zero attached hydrogens (tertiary/aromatic N) is 1. The van der Waals surface area contributed by atoms with Gasteiger partial charge in [0, 0.05) is 17.8 Å². The average molecular weight is 291 g/mol. The quantitative estimate of drug-likeness (QED) is 0.815. The van der Waals surface area contributed by atoms with Crippen molar-refractivity contribution in [1.29, 1.82) is 0 Å². The lowest BCUT2D eigenvalue weighted by Crippen LogP contribution is -2.31. The molecule has 0 bridgehead atoms. The van der Waals surface area contributed by atoms with Gasteiger partial charge >= 0.3 is 0 Å². The highest BCUT2D eigenvalue weighted by molar-refractivity contribution is 7.80. The predicted octanol–water partition coefficient (Wildman–Crippen LogP) is 1.99. The monoisotopic (exact) mass is 291 g/mol. The summed E-state index contributed by atoms with van der Waals surface area (Å²) < 4.78 is 0. The van der Waals surface area contributed by atoms with E-state index in [0.717, 1.165) is 30.3 Å².